The summed E-state index contributed by atoms with van der Waals surface area (Å²) in [6.45, 7) is 5.74. The van der Waals surface area contributed by atoms with E-state index in [0.29, 0.717) is 11.4 Å². The van der Waals surface area contributed by atoms with E-state index in [2.05, 4.69) is 10.5 Å². The van der Waals surface area contributed by atoms with Crippen molar-refractivity contribution in [2.24, 2.45) is 5.10 Å². The molecule has 154 valence electrons. The van der Waals surface area contributed by atoms with Crippen molar-refractivity contribution in [2.75, 3.05) is 6.61 Å². The summed E-state index contributed by atoms with van der Waals surface area (Å²) < 4.78 is 7.48. The van der Waals surface area contributed by atoms with Crippen molar-refractivity contribution in [3.8, 4) is 11.4 Å². The number of hydrogen-bond donors (Lipinski definition) is 1. The first-order chi connectivity index (χ1) is 14.4. The number of aryl methyl sites for hydroxylation is 2. The highest BCUT2D eigenvalue weighted by atomic mass is 16.6. The van der Waals surface area contributed by atoms with Gasteiger partial charge in [0.2, 0.25) is 0 Å². The molecule has 0 spiro atoms. The zero-order valence-corrected chi connectivity index (χ0v) is 17.0. The van der Waals surface area contributed by atoms with Crippen LogP contribution >= 0.6 is 0 Å². The van der Waals surface area contributed by atoms with Crippen molar-refractivity contribution in [2.45, 2.75) is 20.8 Å². The van der Waals surface area contributed by atoms with Gasteiger partial charge < -0.3 is 9.30 Å². The van der Waals surface area contributed by atoms with Crippen LogP contribution in [0.25, 0.3) is 5.69 Å². The number of nitro groups is 1. The number of aromatic nitrogens is 1. The molecule has 0 unspecified atom stereocenters. The first kappa shape index (κ1) is 20.8. The highest BCUT2D eigenvalue weighted by Crippen LogP contribution is 2.25. The number of rotatable bonds is 7. The number of nitrogens with one attached hydrogen (secondary N) is 1. The summed E-state index contributed by atoms with van der Waals surface area (Å²) in [6.07, 6.45) is 3.30. The molecule has 1 amide bonds. The van der Waals surface area contributed by atoms with Gasteiger partial charge in [0, 0.05) is 24.0 Å². The lowest BCUT2D eigenvalue weighted by atomic mass is 10.1. The van der Waals surface area contributed by atoms with E-state index in [9.17, 15) is 14.9 Å². The van der Waals surface area contributed by atoms with Crippen molar-refractivity contribution in [3.63, 3.8) is 0 Å². The van der Waals surface area contributed by atoms with E-state index in [-0.39, 0.29) is 18.2 Å². The highest BCUT2D eigenvalue weighted by Gasteiger charge is 2.09. The van der Waals surface area contributed by atoms with Gasteiger partial charge in [0.25, 0.3) is 11.6 Å². The van der Waals surface area contributed by atoms with Crippen molar-refractivity contribution in [3.05, 3.63) is 87.2 Å². The molecule has 0 saturated carbocycles. The Hall–Kier alpha value is -3.94. The Kier molecular flexibility index (Phi) is 6.26. The molecule has 1 heterocycles. The third kappa shape index (κ3) is 4.72. The van der Waals surface area contributed by atoms with Gasteiger partial charge in [-0.2, -0.15) is 5.10 Å². The fourth-order valence-electron chi connectivity index (χ4n) is 2.96. The van der Waals surface area contributed by atoms with Crippen LogP contribution in [0.1, 0.15) is 22.4 Å². The van der Waals surface area contributed by atoms with E-state index in [1.807, 2.05) is 45.0 Å². The molecule has 3 aromatic rings. The topological polar surface area (TPSA) is 98.8 Å². The van der Waals surface area contributed by atoms with Crippen LogP contribution in [0.5, 0.6) is 5.75 Å². The first-order valence-corrected chi connectivity index (χ1v) is 9.30. The lowest BCUT2D eigenvalue weighted by Crippen LogP contribution is -2.25. The maximum Gasteiger partial charge on any atom is 0.277 e. The Balaban J connectivity index is 1.61. The Morgan fingerprint density at radius 2 is 1.83 bits per heavy atom. The van der Waals surface area contributed by atoms with Crippen molar-refractivity contribution >= 4 is 17.8 Å². The van der Waals surface area contributed by atoms with Gasteiger partial charge >= 0.3 is 0 Å². The van der Waals surface area contributed by atoms with E-state index in [0.717, 1.165) is 22.4 Å². The number of carbonyl (C=O) groups is 1. The van der Waals surface area contributed by atoms with Gasteiger partial charge in [-0.3, -0.25) is 14.9 Å². The fourth-order valence-corrected chi connectivity index (χ4v) is 2.96. The number of hydrogen-bond acceptors (Lipinski definition) is 5. The van der Waals surface area contributed by atoms with Crippen LogP contribution in [-0.2, 0) is 4.79 Å². The largest absolute Gasteiger partial charge is 0.483 e. The zero-order valence-electron chi connectivity index (χ0n) is 17.0. The van der Waals surface area contributed by atoms with Gasteiger partial charge in [0.1, 0.15) is 5.75 Å². The number of ether oxygens (including phenoxy) is 1. The van der Waals surface area contributed by atoms with Crippen molar-refractivity contribution in [1.82, 2.24) is 9.99 Å². The standard InChI is InChI=1S/C22H22N4O4/c1-15-6-7-16(2)22(17(15)3)30-14-21(27)24-23-13-20-5-4-12-25(20)18-8-10-19(11-9-18)26(28)29/h4-13H,14H2,1-3H3,(H,24,27)/b23-13+. The molecule has 8 heteroatoms. The monoisotopic (exact) mass is 406 g/mol. The van der Waals surface area contributed by atoms with Crippen LogP contribution in [0.15, 0.2) is 59.8 Å². The van der Waals surface area contributed by atoms with Crippen LogP contribution in [0.3, 0.4) is 0 Å². The molecule has 0 bridgehead atoms. The van der Waals surface area contributed by atoms with Gasteiger partial charge in [0.15, 0.2) is 6.61 Å². The SMILES string of the molecule is Cc1ccc(C)c(OCC(=O)N/N=C/c2cccn2-c2ccc([N+](=O)[O-])cc2)c1C. The number of hydrazone groups is 1. The molecule has 0 aliphatic heterocycles. The zero-order chi connectivity index (χ0) is 21.7. The minimum absolute atomic E-state index is 0.0208. The summed E-state index contributed by atoms with van der Waals surface area (Å²) >= 11 is 0. The number of nitrogens with zero attached hydrogens (tertiary/aromatic N) is 3. The number of amides is 1. The molecule has 1 N–H and O–H groups in total. The summed E-state index contributed by atoms with van der Waals surface area (Å²) in [5, 5.41) is 14.8. The summed E-state index contributed by atoms with van der Waals surface area (Å²) in [5.41, 5.74) is 6.99. The summed E-state index contributed by atoms with van der Waals surface area (Å²) in [4.78, 5) is 22.4. The molecular weight excluding hydrogens is 384 g/mol. The quantitative estimate of drug-likeness (QED) is 0.366. The van der Waals surface area contributed by atoms with Gasteiger partial charge in [-0.1, -0.05) is 12.1 Å². The molecular formula is C22H22N4O4. The van der Waals surface area contributed by atoms with Crippen LogP contribution in [-0.4, -0.2) is 28.2 Å². The van der Waals surface area contributed by atoms with Crippen LogP contribution in [0.2, 0.25) is 0 Å². The smallest absolute Gasteiger partial charge is 0.277 e. The normalized spacial score (nSPS) is 10.9. The third-order valence-electron chi connectivity index (χ3n) is 4.73. The molecule has 0 aliphatic rings. The lowest BCUT2D eigenvalue weighted by molar-refractivity contribution is -0.384. The number of non-ortho nitro benzene ring substituents is 1. The van der Waals surface area contributed by atoms with Crippen molar-refractivity contribution in [1.29, 1.82) is 0 Å². The van der Waals surface area contributed by atoms with Gasteiger partial charge in [0.05, 0.1) is 16.8 Å². The second-order valence-corrected chi connectivity index (χ2v) is 6.81. The van der Waals surface area contributed by atoms with E-state index in [1.165, 1.54) is 18.3 Å². The first-order valence-electron chi connectivity index (χ1n) is 9.30. The number of carbonyl (C=O) groups excluding carboxylic acids is 1. The molecule has 0 atom stereocenters. The van der Waals surface area contributed by atoms with Crippen LogP contribution in [0.4, 0.5) is 5.69 Å². The van der Waals surface area contributed by atoms with E-state index in [1.54, 1.807) is 22.9 Å². The predicted molar refractivity (Wildman–Crippen MR) is 114 cm³/mol. The Morgan fingerprint density at radius 3 is 2.53 bits per heavy atom. The molecule has 1 aromatic heterocycles. The Bertz CT molecular complexity index is 1100. The van der Waals surface area contributed by atoms with Gasteiger partial charge in [-0.15, -0.1) is 0 Å². The lowest BCUT2D eigenvalue weighted by Gasteiger charge is -2.13. The Morgan fingerprint density at radius 1 is 1.13 bits per heavy atom. The maximum absolute atomic E-state index is 12.1. The molecule has 30 heavy (non-hydrogen) atoms. The summed E-state index contributed by atoms with van der Waals surface area (Å²) in [6, 6.07) is 13.8. The second kappa shape index (κ2) is 9.04. The molecule has 0 saturated heterocycles. The Labute approximate surface area is 173 Å². The maximum atomic E-state index is 12.1. The molecule has 0 aliphatic carbocycles. The van der Waals surface area contributed by atoms with Crippen LogP contribution in [0, 0.1) is 30.9 Å². The summed E-state index contributed by atoms with van der Waals surface area (Å²) in [5.74, 6) is 0.334. The summed E-state index contributed by atoms with van der Waals surface area (Å²) in [7, 11) is 0. The fraction of sp³-hybridized carbons (Fsp3) is 0.182. The average molecular weight is 406 g/mol. The van der Waals surface area contributed by atoms with Gasteiger partial charge in [-0.25, -0.2) is 5.43 Å². The average Bonchev–Trinajstić information content (AvgIpc) is 3.19. The van der Waals surface area contributed by atoms with Gasteiger partial charge in [-0.05, 0) is 61.7 Å². The van der Waals surface area contributed by atoms with E-state index >= 15 is 0 Å². The molecule has 0 fully saturated rings. The molecule has 3 rings (SSSR count). The molecule has 0 radical (unpaired) electrons. The predicted octanol–water partition coefficient (Wildman–Crippen LogP) is 3.84. The van der Waals surface area contributed by atoms with E-state index < -0.39 is 4.92 Å². The van der Waals surface area contributed by atoms with Crippen molar-refractivity contribution < 1.29 is 14.5 Å². The minimum Gasteiger partial charge on any atom is -0.483 e. The number of benzene rings is 2. The molecule has 8 nitrogen and oxygen atoms in total. The van der Waals surface area contributed by atoms with E-state index in [4.69, 9.17) is 4.74 Å². The number of nitro benzene ring substituents is 1. The molecule has 2 aromatic carbocycles. The van der Waals surface area contributed by atoms with Crippen LogP contribution < -0.4 is 10.2 Å². The third-order valence-corrected chi connectivity index (χ3v) is 4.73. The second-order valence-electron chi connectivity index (χ2n) is 6.81. The minimum atomic E-state index is -0.445. The highest BCUT2D eigenvalue weighted by molar-refractivity contribution is 5.82.